The molecule has 0 radical (unpaired) electrons. The van der Waals surface area contributed by atoms with Gasteiger partial charge in [0.1, 0.15) is 36.3 Å². The Morgan fingerprint density at radius 1 is 0.984 bits per heavy atom. The molecule has 1 saturated heterocycles. The van der Waals surface area contributed by atoms with Gasteiger partial charge in [0.15, 0.2) is 22.8 Å². The van der Waals surface area contributed by atoms with Gasteiger partial charge in [0.25, 0.3) is 0 Å². The fourth-order valence-electron chi connectivity index (χ4n) is 5.66. The first kappa shape index (κ1) is 52.6. The van der Waals surface area contributed by atoms with Crippen LogP contribution < -0.4 is 16.4 Å². The zero-order chi connectivity index (χ0) is 45.4. The Morgan fingerprint density at radius 3 is 2.36 bits per heavy atom. The average Bonchev–Trinajstić information content (AvgIpc) is 3.73. The van der Waals surface area contributed by atoms with Gasteiger partial charge in [0.2, 0.25) is 11.8 Å². The summed E-state index contributed by atoms with van der Waals surface area (Å²) in [5.74, 6) is -1.06. The van der Waals surface area contributed by atoms with Gasteiger partial charge in [0.05, 0.1) is 19.5 Å². The Balaban J connectivity index is 1.39. The van der Waals surface area contributed by atoms with Gasteiger partial charge in [0, 0.05) is 37.1 Å². The van der Waals surface area contributed by atoms with Crippen molar-refractivity contribution >= 4 is 69.1 Å². The standard InChI is InChI=1S/C33H56N7O17P3S/c1-4-5-6-7-8-9-10-11-12-13-24(42)61-17-16-35-23(41)14-15-36-31(45)28(44)33(2,3)19-54-60(51,52)57-59(49,50)53-18-22-27(56-58(46,47)48)26(43)32(55-22)40-21-39-25-29(34)37-20-38-30(25)40/h9-10,20-22,26-28,32,43-44H,4-8,11-19H2,1-3H3,(H,35,41)(H,36,45)(H,49,50)(H,51,52)(H2,34,37,38)(H2,46,47,48)/b10-9-/t22-,26-,27-,28+,32-/m0/s1. The largest absolute Gasteiger partial charge is 0.481 e. The van der Waals surface area contributed by atoms with E-state index in [1.54, 1.807) is 0 Å². The van der Waals surface area contributed by atoms with Crippen LogP contribution in [-0.2, 0) is 50.7 Å². The number of carbonyl (C=O) groups excluding carboxylic acids is 3. The topological polar surface area (TPSA) is 364 Å². The smallest absolute Gasteiger partial charge is 0.386 e. The highest BCUT2D eigenvalue weighted by Gasteiger charge is 2.50. The summed E-state index contributed by atoms with van der Waals surface area (Å²) in [6.07, 6.45) is 5.26. The summed E-state index contributed by atoms with van der Waals surface area (Å²) in [4.78, 5) is 88.0. The van der Waals surface area contributed by atoms with E-state index in [0.29, 0.717) is 12.2 Å². The first-order chi connectivity index (χ1) is 28.6. The van der Waals surface area contributed by atoms with Gasteiger partial charge < -0.3 is 50.9 Å². The number of amides is 2. The number of aliphatic hydroxyl groups excluding tert-OH is 2. The van der Waals surface area contributed by atoms with Crippen LogP contribution in [0, 0.1) is 5.41 Å². The van der Waals surface area contributed by atoms with E-state index in [9.17, 15) is 57.9 Å². The molecular weight excluding hydrogens is 891 g/mol. The minimum absolute atomic E-state index is 0.0301. The van der Waals surface area contributed by atoms with Crippen LogP contribution in [0.4, 0.5) is 5.82 Å². The van der Waals surface area contributed by atoms with E-state index in [2.05, 4.69) is 53.5 Å². The van der Waals surface area contributed by atoms with E-state index in [4.69, 9.17) is 19.5 Å². The van der Waals surface area contributed by atoms with Crippen molar-refractivity contribution in [2.45, 2.75) is 109 Å². The molecule has 0 bridgehead atoms. The van der Waals surface area contributed by atoms with Crippen molar-refractivity contribution in [3.05, 3.63) is 24.8 Å². The highest BCUT2D eigenvalue weighted by molar-refractivity contribution is 8.13. The first-order valence-corrected chi connectivity index (χ1v) is 24.8. The zero-order valence-corrected chi connectivity index (χ0v) is 37.4. The number of nitrogens with one attached hydrogen (secondary N) is 2. The Hall–Kier alpha value is -2.70. The number of nitrogen functional groups attached to an aromatic ring is 1. The van der Waals surface area contributed by atoms with Crippen LogP contribution >= 0.6 is 35.2 Å². The maximum atomic E-state index is 12.7. The lowest BCUT2D eigenvalue weighted by atomic mass is 9.87. The Kier molecular flexibility index (Phi) is 21.0. The molecule has 10 N–H and O–H groups in total. The lowest BCUT2D eigenvalue weighted by Crippen LogP contribution is -2.46. The van der Waals surface area contributed by atoms with Gasteiger partial charge in [-0.25, -0.2) is 28.6 Å². The number of hydrogen-bond acceptors (Lipinski definition) is 18. The van der Waals surface area contributed by atoms with E-state index < -0.39 is 84.6 Å². The van der Waals surface area contributed by atoms with Crippen LogP contribution in [0.5, 0.6) is 0 Å². The number of phosphoric acid groups is 3. The second kappa shape index (κ2) is 24.4. The van der Waals surface area contributed by atoms with Crippen LogP contribution in [0.15, 0.2) is 24.8 Å². The Labute approximate surface area is 356 Å². The van der Waals surface area contributed by atoms with Crippen molar-refractivity contribution in [1.82, 2.24) is 30.2 Å². The minimum atomic E-state index is -5.57. The number of nitrogens with zero attached hydrogens (tertiary/aromatic N) is 4. The van der Waals surface area contributed by atoms with Gasteiger partial charge in [-0.3, -0.25) is 32.5 Å². The molecule has 7 atom stereocenters. The second-order valence-corrected chi connectivity index (χ2v) is 19.9. The number of unbranched alkanes of at least 4 members (excludes halogenated alkanes) is 5. The molecule has 3 rings (SSSR count). The van der Waals surface area contributed by atoms with E-state index in [1.165, 1.54) is 39.5 Å². The fourth-order valence-corrected chi connectivity index (χ4v) is 9.21. The number of thioether (sulfide) groups is 1. The van der Waals surface area contributed by atoms with Gasteiger partial charge in [-0.2, -0.15) is 4.31 Å². The van der Waals surface area contributed by atoms with Crippen molar-refractivity contribution in [3.63, 3.8) is 0 Å². The summed E-state index contributed by atoms with van der Waals surface area (Å²) in [5.41, 5.74) is 4.27. The molecule has 0 spiro atoms. The van der Waals surface area contributed by atoms with Crippen LogP contribution in [0.1, 0.15) is 84.8 Å². The van der Waals surface area contributed by atoms with Crippen molar-refractivity contribution < 1.29 is 80.5 Å². The maximum absolute atomic E-state index is 12.7. The van der Waals surface area contributed by atoms with Crippen LogP contribution in [0.3, 0.4) is 0 Å². The molecule has 0 aliphatic carbocycles. The first-order valence-electron chi connectivity index (χ1n) is 19.3. The molecule has 0 aromatic carbocycles. The molecule has 1 aliphatic heterocycles. The predicted octanol–water partition coefficient (Wildman–Crippen LogP) is 2.36. The molecule has 24 nitrogen and oxygen atoms in total. The highest BCUT2D eigenvalue weighted by atomic mass is 32.2. The van der Waals surface area contributed by atoms with Crippen LogP contribution in [-0.4, -0.2) is 123 Å². The number of nitrogens with two attached hydrogens (primary N) is 1. The van der Waals surface area contributed by atoms with Crippen molar-refractivity contribution in [2.24, 2.45) is 5.41 Å². The second-order valence-electron chi connectivity index (χ2n) is 14.5. The summed E-state index contributed by atoms with van der Waals surface area (Å²) < 4.78 is 62.3. The molecular formula is C33H56N7O17P3S. The molecule has 1 fully saturated rings. The SMILES string of the molecule is CCCCCC/C=C\CCCC(=O)SCCNC(=O)CCNC(=O)[C@@H](O)C(C)(C)COP(=O)(O)OP(=O)(O)OC[C@@H]1O[C@H](n2cnc3c(N)ncnc32)[C@@H](O)[C@H]1OP(=O)(O)O. The molecule has 3 heterocycles. The van der Waals surface area contributed by atoms with E-state index >= 15 is 0 Å². The lowest BCUT2D eigenvalue weighted by Gasteiger charge is -2.30. The zero-order valence-electron chi connectivity index (χ0n) is 33.9. The number of carbonyl (C=O) groups is 3. The number of hydrogen-bond donors (Lipinski definition) is 9. The lowest BCUT2D eigenvalue weighted by molar-refractivity contribution is -0.137. The molecule has 346 valence electrons. The van der Waals surface area contributed by atoms with Gasteiger partial charge in [-0.15, -0.1) is 0 Å². The number of rotatable bonds is 28. The number of allylic oxidation sites excluding steroid dienone is 2. The molecule has 0 saturated carbocycles. The number of aromatic nitrogens is 4. The van der Waals surface area contributed by atoms with Gasteiger partial charge >= 0.3 is 23.5 Å². The fraction of sp³-hybridized carbons (Fsp3) is 0.697. The third-order valence-corrected chi connectivity index (χ3v) is 12.9. The minimum Gasteiger partial charge on any atom is -0.386 e. The van der Waals surface area contributed by atoms with Gasteiger partial charge in [-0.1, -0.05) is 63.9 Å². The third kappa shape index (κ3) is 18.1. The third-order valence-electron chi connectivity index (χ3n) is 8.91. The monoisotopic (exact) mass is 947 g/mol. The van der Waals surface area contributed by atoms with E-state index in [0.717, 1.165) is 48.2 Å². The number of imidazole rings is 1. The number of anilines is 1. The number of ether oxygens (including phenoxy) is 1. The highest BCUT2D eigenvalue weighted by Crippen LogP contribution is 2.61. The predicted molar refractivity (Wildman–Crippen MR) is 219 cm³/mol. The number of aliphatic hydroxyl groups is 2. The molecule has 61 heavy (non-hydrogen) atoms. The van der Waals surface area contributed by atoms with Crippen molar-refractivity contribution in [2.75, 3.05) is 37.8 Å². The van der Waals surface area contributed by atoms with Gasteiger partial charge in [-0.05, 0) is 25.7 Å². The summed E-state index contributed by atoms with van der Waals surface area (Å²) in [6.45, 7) is 2.71. The summed E-state index contributed by atoms with van der Waals surface area (Å²) >= 11 is 1.12. The quantitative estimate of drug-likeness (QED) is 0.0336. The van der Waals surface area contributed by atoms with E-state index in [1.807, 2.05) is 0 Å². The molecule has 2 aromatic rings. The maximum Gasteiger partial charge on any atom is 0.481 e. The van der Waals surface area contributed by atoms with Crippen LogP contribution in [0.25, 0.3) is 11.2 Å². The van der Waals surface area contributed by atoms with Crippen molar-refractivity contribution in [3.8, 4) is 0 Å². The van der Waals surface area contributed by atoms with Crippen molar-refractivity contribution in [1.29, 1.82) is 0 Å². The van der Waals surface area contributed by atoms with E-state index in [-0.39, 0.29) is 41.6 Å². The molecule has 1 aliphatic rings. The number of phosphoric ester groups is 3. The summed E-state index contributed by atoms with van der Waals surface area (Å²) in [6, 6.07) is 0. The number of fused-ring (bicyclic) bond motifs is 1. The van der Waals surface area contributed by atoms with Crippen LogP contribution in [0.2, 0.25) is 0 Å². The summed E-state index contributed by atoms with van der Waals surface area (Å²) in [5, 5.41) is 26.5. The Bertz CT molecular complexity index is 1940. The Morgan fingerprint density at radius 2 is 1.67 bits per heavy atom. The molecule has 28 heteroatoms. The normalized spacial score (nSPS) is 21.0. The average molecular weight is 948 g/mol. The molecule has 2 unspecified atom stereocenters. The molecule has 2 aromatic heterocycles. The molecule has 2 amide bonds. The summed E-state index contributed by atoms with van der Waals surface area (Å²) in [7, 11) is -16.4.